The molecule has 0 aliphatic carbocycles. The molecule has 0 radical (unpaired) electrons. The summed E-state index contributed by atoms with van der Waals surface area (Å²) in [5, 5.41) is 2.98. The van der Waals surface area contributed by atoms with Gasteiger partial charge < -0.3 is 10.1 Å². The predicted molar refractivity (Wildman–Crippen MR) is 115 cm³/mol. The Morgan fingerprint density at radius 3 is 2.21 bits per heavy atom. The average molecular weight is 395 g/mol. The first kappa shape index (κ1) is 21.2. The molecule has 0 saturated carbocycles. The van der Waals surface area contributed by atoms with Gasteiger partial charge >= 0.3 is 0 Å². The van der Waals surface area contributed by atoms with Crippen molar-refractivity contribution in [2.45, 2.75) is 32.2 Å². The van der Waals surface area contributed by atoms with Crippen LogP contribution in [0.5, 0.6) is 0 Å². The van der Waals surface area contributed by atoms with E-state index >= 15 is 0 Å². The van der Waals surface area contributed by atoms with Gasteiger partial charge in [-0.15, -0.1) is 0 Å². The zero-order valence-electron chi connectivity index (χ0n) is 17.3. The van der Waals surface area contributed by atoms with Crippen LogP contribution in [0, 0.1) is 0 Å². The third-order valence-electron chi connectivity index (χ3n) is 5.48. The molecule has 1 fully saturated rings. The van der Waals surface area contributed by atoms with E-state index in [1.54, 1.807) is 0 Å². The Morgan fingerprint density at radius 2 is 1.55 bits per heavy atom. The van der Waals surface area contributed by atoms with Crippen LogP contribution in [0.3, 0.4) is 0 Å². The second kappa shape index (κ2) is 9.81. The average Bonchev–Trinajstić information content (AvgIpc) is 2.77. The molecule has 1 N–H and O–H groups in total. The fourth-order valence-corrected chi connectivity index (χ4v) is 3.53. The molecule has 1 aliphatic heterocycles. The van der Waals surface area contributed by atoms with Gasteiger partial charge in [0.05, 0.1) is 13.2 Å². The zero-order chi connectivity index (χ0) is 20.7. The molecule has 0 aromatic heterocycles. The van der Waals surface area contributed by atoms with Crippen LogP contribution in [0.4, 0.5) is 0 Å². The Labute approximate surface area is 173 Å². The molecule has 29 heavy (non-hydrogen) atoms. The van der Waals surface area contributed by atoms with Gasteiger partial charge in [0.15, 0.2) is 5.78 Å². The first-order valence-electron chi connectivity index (χ1n) is 10.2. The SMILES string of the molecule is CC(C)(CNC(=O)CCC(=O)c1ccc(-c2ccccc2)cc1)N1CCOCC1. The van der Waals surface area contributed by atoms with Crippen molar-refractivity contribution < 1.29 is 14.3 Å². The van der Waals surface area contributed by atoms with Gasteiger partial charge in [-0.05, 0) is 25.0 Å². The lowest BCUT2D eigenvalue weighted by molar-refractivity contribution is -0.121. The summed E-state index contributed by atoms with van der Waals surface area (Å²) in [4.78, 5) is 27.0. The van der Waals surface area contributed by atoms with E-state index in [4.69, 9.17) is 4.74 Å². The molecular formula is C24H30N2O3. The van der Waals surface area contributed by atoms with E-state index in [9.17, 15) is 9.59 Å². The minimum absolute atomic E-state index is 0.00722. The van der Waals surface area contributed by atoms with E-state index < -0.39 is 0 Å². The quantitative estimate of drug-likeness (QED) is 0.696. The molecule has 0 spiro atoms. The van der Waals surface area contributed by atoms with Gasteiger partial charge in [-0.1, -0.05) is 54.6 Å². The summed E-state index contributed by atoms with van der Waals surface area (Å²) in [6, 6.07) is 17.6. The van der Waals surface area contributed by atoms with Gasteiger partial charge in [0, 0.05) is 43.6 Å². The van der Waals surface area contributed by atoms with E-state index in [1.807, 2.05) is 54.6 Å². The normalized spacial score (nSPS) is 15.1. The summed E-state index contributed by atoms with van der Waals surface area (Å²) in [6.45, 7) is 8.02. The number of nitrogens with one attached hydrogen (secondary N) is 1. The summed E-state index contributed by atoms with van der Waals surface area (Å²) >= 11 is 0. The van der Waals surface area contributed by atoms with Crippen molar-refractivity contribution >= 4 is 11.7 Å². The Bertz CT molecular complexity index is 810. The number of carbonyl (C=O) groups excluding carboxylic acids is 2. The molecule has 5 heteroatoms. The molecule has 1 heterocycles. The van der Waals surface area contributed by atoms with E-state index in [0.717, 1.165) is 37.4 Å². The molecule has 1 saturated heterocycles. The van der Waals surface area contributed by atoms with Crippen molar-refractivity contribution in [3.8, 4) is 11.1 Å². The number of rotatable bonds is 8. The fraction of sp³-hybridized carbons (Fsp3) is 0.417. The summed E-state index contributed by atoms with van der Waals surface area (Å²) in [5.41, 5.74) is 2.71. The number of nitrogens with zero attached hydrogens (tertiary/aromatic N) is 1. The minimum Gasteiger partial charge on any atom is -0.379 e. The van der Waals surface area contributed by atoms with Crippen molar-refractivity contribution in [3.05, 3.63) is 60.2 Å². The Hall–Kier alpha value is -2.50. The predicted octanol–water partition coefficient (Wildman–Crippen LogP) is 3.54. The van der Waals surface area contributed by atoms with Crippen LogP contribution in [0.15, 0.2) is 54.6 Å². The van der Waals surface area contributed by atoms with Gasteiger partial charge in [-0.25, -0.2) is 0 Å². The lowest BCUT2D eigenvalue weighted by Gasteiger charge is -2.40. The summed E-state index contributed by atoms with van der Waals surface area (Å²) in [7, 11) is 0. The van der Waals surface area contributed by atoms with Gasteiger partial charge in [0.2, 0.25) is 5.91 Å². The van der Waals surface area contributed by atoms with Crippen molar-refractivity contribution in [2.75, 3.05) is 32.8 Å². The van der Waals surface area contributed by atoms with Crippen LogP contribution in [0.25, 0.3) is 11.1 Å². The van der Waals surface area contributed by atoms with Crippen LogP contribution in [-0.2, 0) is 9.53 Å². The summed E-state index contributed by atoms with van der Waals surface area (Å²) < 4.78 is 5.39. The smallest absolute Gasteiger partial charge is 0.220 e. The molecule has 3 rings (SSSR count). The number of carbonyl (C=O) groups is 2. The maximum absolute atomic E-state index is 12.4. The summed E-state index contributed by atoms with van der Waals surface area (Å²) in [6.07, 6.45) is 0.424. The molecule has 0 bridgehead atoms. The number of ketones is 1. The number of benzene rings is 2. The number of ether oxygens (including phenoxy) is 1. The van der Waals surface area contributed by atoms with Crippen LogP contribution in [0.2, 0.25) is 0 Å². The third-order valence-corrected chi connectivity index (χ3v) is 5.48. The zero-order valence-corrected chi connectivity index (χ0v) is 17.3. The molecule has 2 aromatic rings. The molecule has 154 valence electrons. The topological polar surface area (TPSA) is 58.6 Å². The van der Waals surface area contributed by atoms with E-state index in [0.29, 0.717) is 12.1 Å². The third kappa shape index (κ3) is 5.99. The number of hydrogen-bond acceptors (Lipinski definition) is 4. The first-order chi connectivity index (χ1) is 14.0. The Morgan fingerprint density at radius 1 is 0.931 bits per heavy atom. The van der Waals surface area contributed by atoms with Crippen LogP contribution in [-0.4, -0.2) is 55.0 Å². The monoisotopic (exact) mass is 394 g/mol. The standard InChI is InChI=1S/C24H30N2O3/c1-24(2,26-14-16-29-17-15-26)18-25-23(28)13-12-22(27)21-10-8-20(9-11-21)19-6-4-3-5-7-19/h3-11H,12-18H2,1-2H3,(H,25,28). The maximum Gasteiger partial charge on any atom is 0.220 e. The molecular weight excluding hydrogens is 364 g/mol. The van der Waals surface area contributed by atoms with E-state index in [2.05, 4.69) is 24.1 Å². The highest BCUT2D eigenvalue weighted by Gasteiger charge is 2.28. The molecule has 1 aliphatic rings. The molecule has 1 amide bonds. The molecule has 5 nitrogen and oxygen atoms in total. The highest BCUT2D eigenvalue weighted by Crippen LogP contribution is 2.20. The van der Waals surface area contributed by atoms with Crippen molar-refractivity contribution in [1.29, 1.82) is 0 Å². The van der Waals surface area contributed by atoms with Gasteiger partial charge in [0.1, 0.15) is 0 Å². The van der Waals surface area contributed by atoms with Gasteiger partial charge in [0.25, 0.3) is 0 Å². The second-order valence-electron chi connectivity index (χ2n) is 8.06. The largest absolute Gasteiger partial charge is 0.379 e. The van der Waals surface area contributed by atoms with Gasteiger partial charge in [-0.3, -0.25) is 14.5 Å². The minimum atomic E-state index is -0.128. The second-order valence-corrected chi connectivity index (χ2v) is 8.06. The lowest BCUT2D eigenvalue weighted by atomic mass is 10.0. The number of amides is 1. The van der Waals surface area contributed by atoms with Crippen LogP contribution in [0.1, 0.15) is 37.0 Å². The maximum atomic E-state index is 12.4. The molecule has 0 atom stereocenters. The van der Waals surface area contributed by atoms with Crippen molar-refractivity contribution in [2.24, 2.45) is 0 Å². The van der Waals surface area contributed by atoms with Crippen molar-refractivity contribution in [3.63, 3.8) is 0 Å². The Balaban J connectivity index is 1.45. The first-order valence-corrected chi connectivity index (χ1v) is 10.2. The Kier molecular flexibility index (Phi) is 7.18. The molecule has 0 unspecified atom stereocenters. The highest BCUT2D eigenvalue weighted by molar-refractivity contribution is 5.98. The lowest BCUT2D eigenvalue weighted by Crippen LogP contribution is -2.55. The van der Waals surface area contributed by atoms with E-state index in [-0.39, 0.29) is 30.1 Å². The molecule has 2 aromatic carbocycles. The number of Topliss-reactive ketones (excluding diaryl/α,β-unsaturated/α-hetero) is 1. The number of hydrogen-bond donors (Lipinski definition) is 1. The van der Waals surface area contributed by atoms with Crippen LogP contribution < -0.4 is 5.32 Å². The van der Waals surface area contributed by atoms with E-state index in [1.165, 1.54) is 0 Å². The summed E-state index contributed by atoms with van der Waals surface area (Å²) in [5.74, 6) is -0.0900. The fourth-order valence-electron chi connectivity index (χ4n) is 3.53. The van der Waals surface area contributed by atoms with Crippen molar-refractivity contribution in [1.82, 2.24) is 10.2 Å². The van der Waals surface area contributed by atoms with Gasteiger partial charge in [-0.2, -0.15) is 0 Å². The van der Waals surface area contributed by atoms with Crippen LogP contribution >= 0.6 is 0 Å². The number of morpholine rings is 1. The highest BCUT2D eigenvalue weighted by atomic mass is 16.5.